The van der Waals surface area contributed by atoms with E-state index in [1.807, 2.05) is 30.3 Å². The third-order valence-corrected chi connectivity index (χ3v) is 3.86. The van der Waals surface area contributed by atoms with Crippen molar-refractivity contribution in [2.24, 2.45) is 0 Å². The lowest BCUT2D eigenvalue weighted by Gasteiger charge is -2.05. The first-order valence-electron chi connectivity index (χ1n) is 7.93. The van der Waals surface area contributed by atoms with Gasteiger partial charge in [0.1, 0.15) is 11.5 Å². The molecule has 0 aliphatic heterocycles. The number of aromatic nitrogens is 2. The van der Waals surface area contributed by atoms with E-state index in [9.17, 15) is 9.90 Å². The first-order valence-corrected chi connectivity index (χ1v) is 7.93. The normalized spacial score (nSPS) is 10.4. The van der Waals surface area contributed by atoms with Crippen molar-refractivity contribution in [3.8, 4) is 22.8 Å². The van der Waals surface area contributed by atoms with Gasteiger partial charge in [0, 0.05) is 18.1 Å². The Kier molecular flexibility index (Phi) is 4.99. The van der Waals surface area contributed by atoms with Gasteiger partial charge in [0.2, 0.25) is 5.91 Å². The van der Waals surface area contributed by atoms with Crippen molar-refractivity contribution in [1.29, 1.82) is 0 Å². The number of phenols is 1. The van der Waals surface area contributed by atoms with E-state index < -0.39 is 0 Å². The number of anilines is 1. The lowest BCUT2D eigenvalue weighted by atomic mass is 10.1. The smallest absolute Gasteiger partial charge is 0.225 e. The number of para-hydroxylation sites is 2. The van der Waals surface area contributed by atoms with Crippen LogP contribution in [-0.4, -0.2) is 28.3 Å². The minimum absolute atomic E-state index is 0.165. The second kappa shape index (κ2) is 7.53. The van der Waals surface area contributed by atoms with E-state index in [1.54, 1.807) is 31.4 Å². The Morgan fingerprint density at radius 2 is 1.96 bits per heavy atom. The molecule has 1 amide bonds. The van der Waals surface area contributed by atoms with Crippen molar-refractivity contribution in [3.05, 3.63) is 60.2 Å². The summed E-state index contributed by atoms with van der Waals surface area (Å²) in [6.07, 6.45) is 0.719. The second-order valence-corrected chi connectivity index (χ2v) is 5.54. The van der Waals surface area contributed by atoms with Crippen LogP contribution in [-0.2, 0) is 11.2 Å². The van der Waals surface area contributed by atoms with Gasteiger partial charge in [-0.05, 0) is 30.2 Å². The van der Waals surface area contributed by atoms with Gasteiger partial charge in [0.05, 0.1) is 12.8 Å². The highest BCUT2D eigenvalue weighted by Gasteiger charge is 2.11. The lowest BCUT2D eigenvalue weighted by molar-refractivity contribution is -0.116. The molecule has 0 radical (unpaired) electrons. The standard InChI is InChI=1S/C19H19N3O3/c1-25-17-9-5-3-7-14(17)15-12-18(22-21-15)20-19(24)11-10-13-6-2-4-8-16(13)23/h2-9,12,23H,10-11H2,1H3,(H2,20,21,22,24). The number of nitrogens with zero attached hydrogens (tertiary/aromatic N) is 1. The summed E-state index contributed by atoms with van der Waals surface area (Å²) >= 11 is 0. The number of phenolic OH excluding ortho intramolecular Hbond substituents is 1. The Morgan fingerprint density at radius 1 is 1.20 bits per heavy atom. The molecule has 3 rings (SSSR count). The number of aromatic amines is 1. The monoisotopic (exact) mass is 337 g/mol. The Hall–Kier alpha value is -3.28. The van der Waals surface area contributed by atoms with Gasteiger partial charge in [-0.3, -0.25) is 9.89 Å². The Labute approximate surface area is 145 Å². The average molecular weight is 337 g/mol. The first-order chi connectivity index (χ1) is 12.2. The minimum Gasteiger partial charge on any atom is -0.508 e. The lowest BCUT2D eigenvalue weighted by Crippen LogP contribution is -2.12. The summed E-state index contributed by atoms with van der Waals surface area (Å²) < 4.78 is 5.33. The Morgan fingerprint density at radius 3 is 2.76 bits per heavy atom. The van der Waals surface area contributed by atoms with Crippen molar-refractivity contribution in [2.45, 2.75) is 12.8 Å². The molecule has 0 unspecified atom stereocenters. The van der Waals surface area contributed by atoms with E-state index >= 15 is 0 Å². The third-order valence-electron chi connectivity index (χ3n) is 3.86. The van der Waals surface area contributed by atoms with Gasteiger partial charge in [-0.1, -0.05) is 30.3 Å². The molecule has 0 atom stereocenters. The summed E-state index contributed by atoms with van der Waals surface area (Å²) in [5, 5.41) is 19.5. The van der Waals surface area contributed by atoms with Crippen molar-refractivity contribution in [1.82, 2.24) is 10.2 Å². The molecule has 0 spiro atoms. The van der Waals surface area contributed by atoms with Gasteiger partial charge in [-0.15, -0.1) is 0 Å². The average Bonchev–Trinajstić information content (AvgIpc) is 3.09. The van der Waals surface area contributed by atoms with E-state index in [4.69, 9.17) is 4.74 Å². The van der Waals surface area contributed by atoms with Gasteiger partial charge in [-0.2, -0.15) is 5.10 Å². The number of methoxy groups -OCH3 is 1. The summed E-state index contributed by atoms with van der Waals surface area (Å²) in [6.45, 7) is 0. The fourth-order valence-corrected chi connectivity index (χ4v) is 2.57. The fourth-order valence-electron chi connectivity index (χ4n) is 2.57. The molecule has 0 saturated heterocycles. The van der Waals surface area contributed by atoms with Crippen LogP contribution in [0.1, 0.15) is 12.0 Å². The van der Waals surface area contributed by atoms with Crippen LogP contribution in [0.3, 0.4) is 0 Å². The molecule has 2 aromatic carbocycles. The van der Waals surface area contributed by atoms with Crippen LogP contribution in [0.4, 0.5) is 5.82 Å². The molecule has 0 aliphatic carbocycles. The molecule has 6 nitrogen and oxygen atoms in total. The predicted octanol–water partition coefficient (Wildman–Crippen LogP) is 3.36. The van der Waals surface area contributed by atoms with Gasteiger partial charge >= 0.3 is 0 Å². The maximum Gasteiger partial charge on any atom is 0.225 e. The highest BCUT2D eigenvalue weighted by molar-refractivity contribution is 5.90. The number of hydrogen-bond donors (Lipinski definition) is 3. The van der Waals surface area contributed by atoms with Crippen molar-refractivity contribution in [2.75, 3.05) is 12.4 Å². The maximum atomic E-state index is 12.1. The molecule has 1 heterocycles. The molecular weight excluding hydrogens is 318 g/mol. The van der Waals surface area contributed by atoms with E-state index in [0.29, 0.717) is 12.2 Å². The summed E-state index contributed by atoms with van der Waals surface area (Å²) in [5.74, 6) is 1.21. The molecule has 0 aliphatic rings. The Bertz CT molecular complexity index is 874. The van der Waals surface area contributed by atoms with E-state index in [-0.39, 0.29) is 18.1 Å². The molecule has 0 bridgehead atoms. The summed E-state index contributed by atoms with van der Waals surface area (Å²) in [6, 6.07) is 16.3. The number of H-pyrrole nitrogens is 1. The summed E-state index contributed by atoms with van der Waals surface area (Å²) in [7, 11) is 1.61. The molecule has 1 aromatic heterocycles. The number of ether oxygens (including phenoxy) is 1. The van der Waals surface area contributed by atoms with Gasteiger partial charge in [-0.25, -0.2) is 0 Å². The number of nitrogens with one attached hydrogen (secondary N) is 2. The molecule has 0 saturated carbocycles. The first kappa shape index (κ1) is 16.6. The molecule has 3 aromatic rings. The highest BCUT2D eigenvalue weighted by Crippen LogP contribution is 2.29. The largest absolute Gasteiger partial charge is 0.508 e. The maximum absolute atomic E-state index is 12.1. The zero-order valence-electron chi connectivity index (χ0n) is 13.8. The highest BCUT2D eigenvalue weighted by atomic mass is 16.5. The van der Waals surface area contributed by atoms with Crippen LogP contribution in [0, 0.1) is 0 Å². The second-order valence-electron chi connectivity index (χ2n) is 5.54. The SMILES string of the molecule is COc1ccccc1-c1cc(NC(=O)CCc2ccccc2O)n[nH]1. The van der Waals surface area contributed by atoms with Crippen molar-refractivity contribution < 1.29 is 14.6 Å². The quantitative estimate of drug-likeness (QED) is 0.643. The van der Waals surface area contributed by atoms with Crippen LogP contribution in [0.15, 0.2) is 54.6 Å². The van der Waals surface area contributed by atoms with Gasteiger partial charge in [0.25, 0.3) is 0 Å². The molecule has 0 fully saturated rings. The van der Waals surface area contributed by atoms with Crippen LogP contribution in [0.25, 0.3) is 11.3 Å². The third kappa shape index (κ3) is 3.98. The van der Waals surface area contributed by atoms with Crippen LogP contribution in [0.5, 0.6) is 11.5 Å². The minimum atomic E-state index is -0.165. The van der Waals surface area contributed by atoms with Crippen molar-refractivity contribution >= 4 is 11.7 Å². The number of carbonyl (C=O) groups excluding carboxylic acids is 1. The van der Waals surface area contributed by atoms with Crippen LogP contribution in [0.2, 0.25) is 0 Å². The molecular formula is C19H19N3O3. The van der Waals surface area contributed by atoms with Crippen molar-refractivity contribution in [3.63, 3.8) is 0 Å². The number of carbonyl (C=O) groups is 1. The number of benzene rings is 2. The topological polar surface area (TPSA) is 87.2 Å². The van der Waals surface area contributed by atoms with Crippen LogP contribution < -0.4 is 10.1 Å². The number of aromatic hydroxyl groups is 1. The fraction of sp³-hybridized carbons (Fsp3) is 0.158. The molecule has 25 heavy (non-hydrogen) atoms. The predicted molar refractivity (Wildman–Crippen MR) is 95.6 cm³/mol. The summed E-state index contributed by atoms with van der Waals surface area (Å²) in [5.41, 5.74) is 2.37. The van der Waals surface area contributed by atoms with E-state index in [2.05, 4.69) is 15.5 Å². The molecule has 128 valence electrons. The zero-order chi connectivity index (χ0) is 17.6. The summed E-state index contributed by atoms with van der Waals surface area (Å²) in [4.78, 5) is 12.1. The van der Waals surface area contributed by atoms with Gasteiger partial charge < -0.3 is 15.2 Å². The molecule has 6 heteroatoms. The number of amides is 1. The number of aryl methyl sites for hydroxylation is 1. The van der Waals surface area contributed by atoms with Crippen LogP contribution >= 0.6 is 0 Å². The van der Waals surface area contributed by atoms with E-state index in [0.717, 1.165) is 22.6 Å². The van der Waals surface area contributed by atoms with E-state index in [1.165, 1.54) is 0 Å². The van der Waals surface area contributed by atoms with Gasteiger partial charge in [0.15, 0.2) is 5.82 Å². The molecule has 3 N–H and O–H groups in total. The zero-order valence-corrected chi connectivity index (χ0v) is 13.8. The number of hydrogen-bond acceptors (Lipinski definition) is 4. The Balaban J connectivity index is 1.63. The number of rotatable bonds is 6.